The molecule has 2 aromatic carbocycles. The smallest absolute Gasteiger partial charge is 0.119 e. The van der Waals surface area contributed by atoms with E-state index in [1.807, 2.05) is 0 Å². The highest BCUT2D eigenvalue weighted by Gasteiger charge is 2.03. The Morgan fingerprint density at radius 1 is 0.742 bits per heavy atom. The number of rotatable bonds is 15. The molecule has 176 valence electrons. The van der Waals surface area contributed by atoms with Crippen LogP contribution in [0.25, 0.3) is 0 Å². The maximum atomic E-state index is 5.89. The molecule has 3 nitrogen and oxygen atoms in total. The Bertz CT molecular complexity index is 654. The van der Waals surface area contributed by atoms with E-state index < -0.39 is 0 Å². The molecule has 31 heavy (non-hydrogen) atoms. The van der Waals surface area contributed by atoms with Crippen molar-refractivity contribution >= 4 is 24.8 Å². The number of hydrogen-bond acceptors (Lipinski definition) is 3. The van der Waals surface area contributed by atoms with Gasteiger partial charge in [-0.3, -0.25) is 0 Å². The van der Waals surface area contributed by atoms with Crippen molar-refractivity contribution in [3.8, 4) is 5.75 Å². The quantitative estimate of drug-likeness (QED) is 0.290. The maximum Gasteiger partial charge on any atom is 0.119 e. The number of hydrogen-bond donors (Lipinski definition) is 1. The van der Waals surface area contributed by atoms with Gasteiger partial charge in [-0.2, -0.15) is 0 Å². The molecule has 0 aliphatic rings. The highest BCUT2D eigenvalue weighted by Crippen LogP contribution is 2.14. The molecular formula is C26H42Cl2N2O. The van der Waals surface area contributed by atoms with Crippen LogP contribution in [0.1, 0.15) is 62.6 Å². The van der Waals surface area contributed by atoms with Crippen molar-refractivity contribution in [3.63, 3.8) is 0 Å². The van der Waals surface area contributed by atoms with Gasteiger partial charge in [0.05, 0.1) is 0 Å². The van der Waals surface area contributed by atoms with E-state index in [-0.39, 0.29) is 24.8 Å². The first-order valence-corrected chi connectivity index (χ1v) is 11.4. The summed E-state index contributed by atoms with van der Waals surface area (Å²) in [6.45, 7) is 13.0. The lowest BCUT2D eigenvalue weighted by Gasteiger charge is -2.22. The Morgan fingerprint density at radius 3 is 1.87 bits per heavy atom. The molecule has 0 unspecified atom stereocenters. The summed E-state index contributed by atoms with van der Waals surface area (Å²) in [5.74, 6) is 0.928. The van der Waals surface area contributed by atoms with E-state index in [0.717, 1.165) is 18.8 Å². The van der Waals surface area contributed by atoms with E-state index in [9.17, 15) is 0 Å². The summed E-state index contributed by atoms with van der Waals surface area (Å²) in [7, 11) is 0. The number of ether oxygens (including phenoxy) is 1. The van der Waals surface area contributed by atoms with Crippen LogP contribution in [0.3, 0.4) is 0 Å². The fourth-order valence-electron chi connectivity index (χ4n) is 3.31. The van der Waals surface area contributed by atoms with Crippen LogP contribution >= 0.6 is 24.8 Å². The standard InChI is InChI=1S/C26H40N2O.2ClH/c1-4-6-18-28(19-7-5-2)20-8-17-27-21-24-13-15-26(16-14-24)29-22-25-11-9-23(3)10-12-25;;/h9-16,27H,4-8,17-22H2,1-3H3;2*1H. The van der Waals surface area contributed by atoms with Crippen molar-refractivity contribution in [1.29, 1.82) is 0 Å². The zero-order chi connectivity index (χ0) is 20.7. The monoisotopic (exact) mass is 468 g/mol. The van der Waals surface area contributed by atoms with Gasteiger partial charge in [0.1, 0.15) is 12.4 Å². The third-order valence-electron chi connectivity index (χ3n) is 5.26. The van der Waals surface area contributed by atoms with Gasteiger partial charge >= 0.3 is 0 Å². The summed E-state index contributed by atoms with van der Waals surface area (Å²) in [6.07, 6.45) is 6.41. The third kappa shape index (κ3) is 13.0. The van der Waals surface area contributed by atoms with Gasteiger partial charge in [-0.25, -0.2) is 0 Å². The largest absolute Gasteiger partial charge is 0.489 e. The van der Waals surface area contributed by atoms with Crippen LogP contribution in [0.4, 0.5) is 0 Å². The Morgan fingerprint density at radius 2 is 1.29 bits per heavy atom. The van der Waals surface area contributed by atoms with Crippen molar-refractivity contribution in [2.45, 2.75) is 66.0 Å². The second kappa shape index (κ2) is 18.3. The lowest BCUT2D eigenvalue weighted by Crippen LogP contribution is -2.29. The number of benzene rings is 2. The number of unbranched alkanes of at least 4 members (excludes halogenated alkanes) is 2. The Labute approximate surface area is 202 Å². The molecule has 0 atom stereocenters. The Kier molecular flexibility index (Phi) is 17.6. The van der Waals surface area contributed by atoms with Crippen LogP contribution in [0.5, 0.6) is 5.75 Å². The second-order valence-corrected chi connectivity index (χ2v) is 8.00. The van der Waals surface area contributed by atoms with E-state index >= 15 is 0 Å². The zero-order valence-electron chi connectivity index (χ0n) is 19.6. The minimum atomic E-state index is 0. The zero-order valence-corrected chi connectivity index (χ0v) is 21.2. The fourth-order valence-corrected chi connectivity index (χ4v) is 3.31. The highest BCUT2D eigenvalue weighted by atomic mass is 35.5. The summed E-state index contributed by atoms with van der Waals surface area (Å²) in [6, 6.07) is 17.0. The van der Waals surface area contributed by atoms with Gasteiger partial charge in [-0.15, -0.1) is 24.8 Å². The van der Waals surface area contributed by atoms with E-state index in [4.69, 9.17) is 4.74 Å². The SMILES string of the molecule is CCCCN(CCCC)CCCNCc1ccc(OCc2ccc(C)cc2)cc1.Cl.Cl. The molecular weight excluding hydrogens is 427 g/mol. The molecule has 0 aromatic heterocycles. The molecule has 1 N–H and O–H groups in total. The van der Waals surface area contributed by atoms with E-state index in [2.05, 4.69) is 79.5 Å². The van der Waals surface area contributed by atoms with Crippen molar-refractivity contribution in [1.82, 2.24) is 10.2 Å². The van der Waals surface area contributed by atoms with E-state index in [1.54, 1.807) is 0 Å². The van der Waals surface area contributed by atoms with Crippen LogP contribution in [-0.2, 0) is 13.2 Å². The van der Waals surface area contributed by atoms with Gasteiger partial charge in [0.15, 0.2) is 0 Å². The normalized spacial score (nSPS) is 10.5. The molecule has 5 heteroatoms. The summed E-state index contributed by atoms with van der Waals surface area (Å²) in [5.41, 5.74) is 3.79. The number of nitrogens with one attached hydrogen (secondary N) is 1. The van der Waals surface area contributed by atoms with Crippen LogP contribution in [0, 0.1) is 6.92 Å². The molecule has 0 saturated carbocycles. The Hall–Kier alpha value is -1.26. The highest BCUT2D eigenvalue weighted by molar-refractivity contribution is 5.85. The van der Waals surface area contributed by atoms with Gasteiger partial charge < -0.3 is 15.0 Å². The van der Waals surface area contributed by atoms with Gasteiger partial charge in [-0.05, 0) is 75.6 Å². The molecule has 0 spiro atoms. The predicted octanol–water partition coefficient (Wildman–Crippen LogP) is 6.80. The second-order valence-electron chi connectivity index (χ2n) is 8.00. The van der Waals surface area contributed by atoms with Crippen molar-refractivity contribution in [2.75, 3.05) is 26.2 Å². The first-order chi connectivity index (χ1) is 14.2. The predicted molar refractivity (Wildman–Crippen MR) is 139 cm³/mol. The van der Waals surface area contributed by atoms with Gasteiger partial charge in [0, 0.05) is 6.54 Å². The molecule has 0 fully saturated rings. The van der Waals surface area contributed by atoms with E-state index in [1.165, 1.54) is 68.4 Å². The van der Waals surface area contributed by atoms with Crippen LogP contribution < -0.4 is 10.1 Å². The molecule has 0 saturated heterocycles. The molecule has 0 heterocycles. The maximum absolute atomic E-state index is 5.89. The first kappa shape index (κ1) is 29.7. The summed E-state index contributed by atoms with van der Waals surface area (Å²) >= 11 is 0. The van der Waals surface area contributed by atoms with Gasteiger partial charge in [0.25, 0.3) is 0 Å². The number of aryl methyl sites for hydroxylation is 1. The summed E-state index contributed by atoms with van der Waals surface area (Å²) < 4.78 is 5.89. The van der Waals surface area contributed by atoms with Crippen molar-refractivity contribution in [3.05, 3.63) is 65.2 Å². The molecule has 0 aliphatic heterocycles. The number of nitrogens with zero attached hydrogens (tertiary/aromatic N) is 1. The molecule has 0 radical (unpaired) electrons. The topological polar surface area (TPSA) is 24.5 Å². The molecule has 2 rings (SSSR count). The minimum absolute atomic E-state index is 0. The van der Waals surface area contributed by atoms with Crippen LogP contribution in [-0.4, -0.2) is 31.1 Å². The first-order valence-electron chi connectivity index (χ1n) is 11.4. The molecule has 0 bridgehead atoms. The molecule has 0 amide bonds. The average Bonchev–Trinajstić information content (AvgIpc) is 2.75. The third-order valence-corrected chi connectivity index (χ3v) is 5.26. The Balaban J connectivity index is 0.00000450. The summed E-state index contributed by atoms with van der Waals surface area (Å²) in [5, 5.41) is 3.58. The lowest BCUT2D eigenvalue weighted by atomic mass is 10.2. The van der Waals surface area contributed by atoms with Crippen molar-refractivity contribution in [2.24, 2.45) is 0 Å². The fraction of sp³-hybridized carbons (Fsp3) is 0.538. The molecule has 0 aliphatic carbocycles. The molecule has 2 aromatic rings. The van der Waals surface area contributed by atoms with Gasteiger partial charge in [-0.1, -0.05) is 68.7 Å². The van der Waals surface area contributed by atoms with Gasteiger partial charge in [0.2, 0.25) is 0 Å². The van der Waals surface area contributed by atoms with Crippen LogP contribution in [0.15, 0.2) is 48.5 Å². The number of halogens is 2. The van der Waals surface area contributed by atoms with Crippen LogP contribution in [0.2, 0.25) is 0 Å². The van der Waals surface area contributed by atoms with Crippen molar-refractivity contribution < 1.29 is 4.74 Å². The van der Waals surface area contributed by atoms with E-state index in [0.29, 0.717) is 6.61 Å². The average molecular weight is 470 g/mol. The minimum Gasteiger partial charge on any atom is -0.489 e. The summed E-state index contributed by atoms with van der Waals surface area (Å²) in [4.78, 5) is 2.63. The lowest BCUT2D eigenvalue weighted by molar-refractivity contribution is 0.261.